The van der Waals surface area contributed by atoms with Crippen LogP contribution in [0.2, 0.25) is 0 Å². The lowest BCUT2D eigenvalue weighted by atomic mass is 10.2. The third-order valence-electron chi connectivity index (χ3n) is 2.49. The van der Waals surface area contributed by atoms with E-state index in [1.54, 1.807) is 0 Å². The molecule has 3 atom stereocenters. The summed E-state index contributed by atoms with van der Waals surface area (Å²) in [4.78, 5) is 0. The molecule has 0 radical (unpaired) electrons. The van der Waals surface area contributed by atoms with Crippen LogP contribution in [0.3, 0.4) is 0 Å². The zero-order valence-corrected chi connectivity index (χ0v) is 8.01. The quantitative estimate of drug-likeness (QED) is 0.677. The second-order valence-electron chi connectivity index (χ2n) is 3.83. The van der Waals surface area contributed by atoms with E-state index in [4.69, 9.17) is 5.26 Å². The molecule has 1 fully saturated rings. The largest absolute Gasteiger partial charge is 0.312 e. The Morgan fingerprint density at radius 2 is 2.42 bits per heavy atom. The van der Waals surface area contributed by atoms with Crippen molar-refractivity contribution in [2.24, 2.45) is 11.8 Å². The van der Waals surface area contributed by atoms with Crippen molar-refractivity contribution in [2.75, 3.05) is 6.54 Å². The Morgan fingerprint density at radius 3 is 3.00 bits per heavy atom. The average molecular weight is 166 g/mol. The molecule has 0 bridgehead atoms. The van der Waals surface area contributed by atoms with Gasteiger partial charge in [-0.2, -0.15) is 5.26 Å². The molecule has 68 valence electrons. The van der Waals surface area contributed by atoms with Crippen LogP contribution in [0.5, 0.6) is 0 Å². The first-order valence-corrected chi connectivity index (χ1v) is 4.91. The highest BCUT2D eigenvalue weighted by atomic mass is 15.0. The highest BCUT2D eigenvalue weighted by Crippen LogP contribution is 2.34. The molecule has 2 heteroatoms. The summed E-state index contributed by atoms with van der Waals surface area (Å²) in [5.74, 6) is 1.06. The average Bonchev–Trinajstić information content (AvgIpc) is 2.80. The molecular weight excluding hydrogens is 148 g/mol. The number of hydrogen-bond donors (Lipinski definition) is 1. The summed E-state index contributed by atoms with van der Waals surface area (Å²) < 4.78 is 0. The second kappa shape index (κ2) is 4.47. The van der Waals surface area contributed by atoms with Gasteiger partial charge in [0, 0.05) is 12.6 Å². The van der Waals surface area contributed by atoms with Gasteiger partial charge in [-0.3, -0.25) is 0 Å². The van der Waals surface area contributed by atoms with Gasteiger partial charge in [-0.15, -0.1) is 0 Å². The minimum Gasteiger partial charge on any atom is -0.312 e. The fraction of sp³-hybridized carbons (Fsp3) is 0.900. The van der Waals surface area contributed by atoms with Gasteiger partial charge in [-0.05, 0) is 25.7 Å². The highest BCUT2D eigenvalue weighted by molar-refractivity contribution is 4.94. The van der Waals surface area contributed by atoms with E-state index in [0.29, 0.717) is 0 Å². The molecule has 1 rings (SSSR count). The number of nitriles is 1. The van der Waals surface area contributed by atoms with E-state index in [0.717, 1.165) is 18.5 Å². The molecule has 0 aromatic carbocycles. The monoisotopic (exact) mass is 166 g/mol. The van der Waals surface area contributed by atoms with Crippen LogP contribution in [0.25, 0.3) is 0 Å². The molecule has 12 heavy (non-hydrogen) atoms. The van der Waals surface area contributed by atoms with E-state index in [2.05, 4.69) is 18.3 Å². The van der Waals surface area contributed by atoms with Crippen molar-refractivity contribution in [2.45, 2.75) is 39.2 Å². The molecule has 1 N–H and O–H groups in total. The Labute approximate surface area is 75.0 Å². The minimum atomic E-state index is 0.160. The topological polar surface area (TPSA) is 35.8 Å². The molecule has 0 aromatic rings. The van der Waals surface area contributed by atoms with Crippen molar-refractivity contribution in [3.63, 3.8) is 0 Å². The molecular formula is C10H18N2. The number of hydrogen-bond acceptors (Lipinski definition) is 2. The Balaban J connectivity index is 2.01. The van der Waals surface area contributed by atoms with Crippen molar-refractivity contribution < 1.29 is 0 Å². The van der Waals surface area contributed by atoms with Crippen LogP contribution in [-0.2, 0) is 0 Å². The van der Waals surface area contributed by atoms with Crippen molar-refractivity contribution in [3.8, 4) is 6.07 Å². The first-order valence-electron chi connectivity index (χ1n) is 4.91. The van der Waals surface area contributed by atoms with E-state index in [-0.39, 0.29) is 5.92 Å². The third kappa shape index (κ3) is 2.83. The van der Waals surface area contributed by atoms with E-state index in [1.165, 1.54) is 19.3 Å². The van der Waals surface area contributed by atoms with Crippen molar-refractivity contribution >= 4 is 0 Å². The fourth-order valence-corrected chi connectivity index (χ4v) is 1.56. The van der Waals surface area contributed by atoms with Crippen LogP contribution in [0.4, 0.5) is 0 Å². The SMILES string of the molecule is CCCC1CC1NCC(C)C#N. The molecule has 3 unspecified atom stereocenters. The molecule has 0 amide bonds. The Kier molecular flexibility index (Phi) is 3.55. The maximum atomic E-state index is 8.55. The highest BCUT2D eigenvalue weighted by Gasteiger charge is 2.35. The van der Waals surface area contributed by atoms with Gasteiger partial charge in [-0.1, -0.05) is 13.3 Å². The lowest BCUT2D eigenvalue weighted by molar-refractivity contribution is 0.557. The molecule has 0 saturated heterocycles. The normalized spacial score (nSPS) is 29.4. The van der Waals surface area contributed by atoms with Crippen LogP contribution < -0.4 is 5.32 Å². The molecule has 1 aliphatic carbocycles. The summed E-state index contributed by atoms with van der Waals surface area (Å²) in [6.45, 7) is 5.05. The van der Waals surface area contributed by atoms with Crippen LogP contribution >= 0.6 is 0 Å². The van der Waals surface area contributed by atoms with Crippen molar-refractivity contribution in [1.29, 1.82) is 5.26 Å². The molecule has 0 aromatic heterocycles. The zero-order chi connectivity index (χ0) is 8.97. The standard InChI is InChI=1S/C10H18N2/c1-3-4-9-5-10(9)12-7-8(2)6-11/h8-10,12H,3-5,7H2,1-2H3. The first kappa shape index (κ1) is 9.54. The van der Waals surface area contributed by atoms with E-state index < -0.39 is 0 Å². The van der Waals surface area contributed by atoms with E-state index in [1.807, 2.05) is 6.92 Å². The minimum absolute atomic E-state index is 0.160. The maximum absolute atomic E-state index is 8.55. The summed E-state index contributed by atoms with van der Waals surface area (Å²) in [7, 11) is 0. The van der Waals surface area contributed by atoms with Crippen molar-refractivity contribution in [3.05, 3.63) is 0 Å². The van der Waals surface area contributed by atoms with Gasteiger partial charge < -0.3 is 5.32 Å². The molecule has 2 nitrogen and oxygen atoms in total. The van der Waals surface area contributed by atoms with Crippen LogP contribution in [0.1, 0.15) is 33.1 Å². The van der Waals surface area contributed by atoms with Crippen LogP contribution in [-0.4, -0.2) is 12.6 Å². The van der Waals surface area contributed by atoms with Gasteiger partial charge in [0.25, 0.3) is 0 Å². The molecule has 0 heterocycles. The zero-order valence-electron chi connectivity index (χ0n) is 8.01. The summed E-state index contributed by atoms with van der Waals surface area (Å²) in [6, 6.07) is 2.96. The molecule has 0 aliphatic heterocycles. The predicted octanol–water partition coefficient (Wildman–Crippen LogP) is 1.92. The van der Waals surface area contributed by atoms with Gasteiger partial charge in [0.15, 0.2) is 0 Å². The number of rotatable bonds is 5. The Bertz CT molecular complexity index is 171. The van der Waals surface area contributed by atoms with Crippen molar-refractivity contribution in [1.82, 2.24) is 5.32 Å². The predicted molar refractivity (Wildman–Crippen MR) is 49.6 cm³/mol. The second-order valence-corrected chi connectivity index (χ2v) is 3.83. The lowest BCUT2D eigenvalue weighted by Gasteiger charge is -2.04. The lowest BCUT2D eigenvalue weighted by Crippen LogP contribution is -2.23. The summed E-state index contributed by atoms with van der Waals surface area (Å²) >= 11 is 0. The summed E-state index contributed by atoms with van der Waals surface area (Å²) in [5.41, 5.74) is 0. The van der Waals surface area contributed by atoms with Gasteiger partial charge in [-0.25, -0.2) is 0 Å². The van der Waals surface area contributed by atoms with Crippen LogP contribution in [0, 0.1) is 23.2 Å². The number of nitrogens with zero attached hydrogens (tertiary/aromatic N) is 1. The van der Waals surface area contributed by atoms with Gasteiger partial charge >= 0.3 is 0 Å². The molecule has 1 aliphatic rings. The Hall–Kier alpha value is -0.550. The molecule has 0 spiro atoms. The Morgan fingerprint density at radius 1 is 1.67 bits per heavy atom. The van der Waals surface area contributed by atoms with E-state index >= 15 is 0 Å². The smallest absolute Gasteiger partial charge is 0.0666 e. The van der Waals surface area contributed by atoms with Gasteiger partial charge in [0.05, 0.1) is 12.0 Å². The third-order valence-corrected chi connectivity index (χ3v) is 2.49. The molecule has 1 saturated carbocycles. The summed E-state index contributed by atoms with van der Waals surface area (Å²) in [5, 5.41) is 12.0. The first-order chi connectivity index (χ1) is 5.77. The fourth-order valence-electron chi connectivity index (χ4n) is 1.56. The summed E-state index contributed by atoms with van der Waals surface area (Å²) in [6.07, 6.45) is 3.96. The van der Waals surface area contributed by atoms with Gasteiger partial charge in [0.2, 0.25) is 0 Å². The maximum Gasteiger partial charge on any atom is 0.0666 e. The number of nitrogens with one attached hydrogen (secondary N) is 1. The van der Waals surface area contributed by atoms with Gasteiger partial charge in [0.1, 0.15) is 0 Å². The van der Waals surface area contributed by atoms with E-state index in [9.17, 15) is 0 Å². The van der Waals surface area contributed by atoms with Crippen LogP contribution in [0.15, 0.2) is 0 Å².